The van der Waals surface area contributed by atoms with Crippen LogP contribution in [0, 0.1) is 0 Å². The minimum Gasteiger partial charge on any atom is -0.408 e. The molecule has 0 N–H and O–H groups in total. The van der Waals surface area contributed by atoms with E-state index >= 15 is 0 Å². The fourth-order valence-electron chi connectivity index (χ4n) is 0.602. The third-order valence-electron chi connectivity index (χ3n) is 0.984. The van der Waals surface area contributed by atoms with Gasteiger partial charge in [0, 0.05) is 5.54 Å². The SMILES string of the molecule is CCOP(=O)(OCC)OC(C)=CCl. The first-order valence-corrected chi connectivity index (χ1v) is 5.83. The summed E-state index contributed by atoms with van der Waals surface area (Å²) >= 11 is 5.34. The van der Waals surface area contributed by atoms with Gasteiger partial charge in [-0.1, -0.05) is 11.6 Å². The minimum atomic E-state index is -3.44. The van der Waals surface area contributed by atoms with Crippen LogP contribution in [0.2, 0.25) is 0 Å². The molecule has 0 rings (SSSR count). The van der Waals surface area contributed by atoms with E-state index < -0.39 is 7.82 Å². The van der Waals surface area contributed by atoms with Crippen molar-refractivity contribution >= 4 is 19.4 Å². The first-order valence-electron chi connectivity index (χ1n) is 3.93. The van der Waals surface area contributed by atoms with Crippen LogP contribution in [0.1, 0.15) is 20.8 Å². The molecule has 0 aromatic carbocycles. The first kappa shape index (κ1) is 13.0. The highest BCUT2D eigenvalue weighted by molar-refractivity contribution is 7.48. The molecule has 4 nitrogen and oxygen atoms in total. The molecular weight excluding hydrogens is 214 g/mol. The Bertz CT molecular complexity index is 207. The average Bonchev–Trinajstić information content (AvgIpc) is 2.04. The Labute approximate surface area is 83.4 Å². The summed E-state index contributed by atoms with van der Waals surface area (Å²) in [5, 5.41) is 0. The molecule has 0 radical (unpaired) electrons. The second-order valence-corrected chi connectivity index (χ2v) is 3.91. The number of halogens is 1. The van der Waals surface area contributed by atoms with Crippen LogP contribution in [0.3, 0.4) is 0 Å². The number of allylic oxidation sites excluding steroid dienone is 1. The molecule has 78 valence electrons. The zero-order chi connectivity index (χ0) is 10.3. The van der Waals surface area contributed by atoms with Crippen molar-refractivity contribution in [1.82, 2.24) is 0 Å². The van der Waals surface area contributed by atoms with Gasteiger partial charge < -0.3 is 4.52 Å². The van der Waals surface area contributed by atoms with E-state index in [0.29, 0.717) is 5.76 Å². The second kappa shape index (κ2) is 6.44. The standard InChI is InChI=1S/C7H14ClO4P/c1-4-10-13(9,11-5-2)12-7(3)6-8/h6H,4-5H2,1-3H3. The third-order valence-corrected chi connectivity index (χ3v) is 2.95. The van der Waals surface area contributed by atoms with Gasteiger partial charge in [-0.25, -0.2) is 4.57 Å². The minimum absolute atomic E-state index is 0.257. The average molecular weight is 229 g/mol. The van der Waals surface area contributed by atoms with Crippen molar-refractivity contribution in [2.75, 3.05) is 13.2 Å². The highest BCUT2D eigenvalue weighted by Gasteiger charge is 2.26. The lowest BCUT2D eigenvalue weighted by atomic mass is 10.7. The predicted octanol–water partition coefficient (Wildman–Crippen LogP) is 3.28. The Morgan fingerprint density at radius 2 is 1.85 bits per heavy atom. The maximum absolute atomic E-state index is 11.6. The van der Waals surface area contributed by atoms with Crippen molar-refractivity contribution in [3.63, 3.8) is 0 Å². The van der Waals surface area contributed by atoms with Crippen molar-refractivity contribution in [3.8, 4) is 0 Å². The van der Waals surface area contributed by atoms with E-state index in [1.807, 2.05) is 0 Å². The van der Waals surface area contributed by atoms with Crippen LogP contribution in [-0.2, 0) is 18.1 Å². The Morgan fingerprint density at radius 1 is 1.38 bits per heavy atom. The largest absolute Gasteiger partial charge is 0.529 e. The molecule has 0 aliphatic rings. The lowest BCUT2D eigenvalue weighted by Crippen LogP contribution is -1.98. The van der Waals surface area contributed by atoms with Crippen molar-refractivity contribution in [2.45, 2.75) is 20.8 Å². The van der Waals surface area contributed by atoms with Crippen LogP contribution in [0.25, 0.3) is 0 Å². The van der Waals surface area contributed by atoms with Crippen molar-refractivity contribution in [1.29, 1.82) is 0 Å². The molecule has 0 atom stereocenters. The monoisotopic (exact) mass is 228 g/mol. The highest BCUT2D eigenvalue weighted by Crippen LogP contribution is 2.51. The smallest absolute Gasteiger partial charge is 0.408 e. The normalized spacial score (nSPS) is 13.1. The molecule has 0 bridgehead atoms. The van der Waals surface area contributed by atoms with E-state index in [1.165, 1.54) is 5.54 Å². The maximum Gasteiger partial charge on any atom is 0.529 e. The summed E-state index contributed by atoms with van der Waals surface area (Å²) in [5.41, 5.74) is 1.17. The van der Waals surface area contributed by atoms with Crippen LogP contribution in [0.4, 0.5) is 0 Å². The van der Waals surface area contributed by atoms with Crippen LogP contribution in [0.15, 0.2) is 11.3 Å². The highest BCUT2D eigenvalue weighted by atomic mass is 35.5. The maximum atomic E-state index is 11.6. The Morgan fingerprint density at radius 3 is 2.15 bits per heavy atom. The van der Waals surface area contributed by atoms with E-state index in [0.717, 1.165) is 0 Å². The molecule has 0 aliphatic heterocycles. The molecule has 0 saturated carbocycles. The van der Waals surface area contributed by atoms with Gasteiger partial charge >= 0.3 is 7.82 Å². The molecule has 0 unspecified atom stereocenters. The van der Waals surface area contributed by atoms with Gasteiger partial charge in [0.2, 0.25) is 0 Å². The summed E-state index contributed by atoms with van der Waals surface area (Å²) < 4.78 is 26.2. The number of rotatable bonds is 6. The van der Waals surface area contributed by atoms with Gasteiger partial charge in [-0.05, 0) is 20.8 Å². The van der Waals surface area contributed by atoms with Gasteiger partial charge in [0.25, 0.3) is 0 Å². The second-order valence-electron chi connectivity index (χ2n) is 2.09. The molecule has 6 heteroatoms. The lowest BCUT2D eigenvalue weighted by Gasteiger charge is -2.16. The Kier molecular flexibility index (Phi) is 6.43. The number of hydrogen-bond acceptors (Lipinski definition) is 4. The third kappa shape index (κ3) is 5.32. The number of phosphoric ester groups is 1. The molecule has 0 aromatic heterocycles. The van der Waals surface area contributed by atoms with Crippen molar-refractivity contribution in [2.24, 2.45) is 0 Å². The summed E-state index contributed by atoms with van der Waals surface area (Å²) in [7, 11) is -3.44. The molecule has 0 spiro atoms. The van der Waals surface area contributed by atoms with Gasteiger partial charge in [0.05, 0.1) is 13.2 Å². The molecule has 13 heavy (non-hydrogen) atoms. The van der Waals surface area contributed by atoms with Crippen LogP contribution < -0.4 is 0 Å². The molecular formula is C7H14ClO4P. The van der Waals surface area contributed by atoms with Crippen molar-refractivity contribution < 1.29 is 18.1 Å². The van der Waals surface area contributed by atoms with Gasteiger partial charge in [-0.3, -0.25) is 9.05 Å². The summed E-state index contributed by atoms with van der Waals surface area (Å²) in [6, 6.07) is 0. The van der Waals surface area contributed by atoms with Gasteiger partial charge in [-0.15, -0.1) is 0 Å². The summed E-state index contributed by atoms with van der Waals surface area (Å²) in [6.07, 6.45) is 0. The van der Waals surface area contributed by atoms with Crippen LogP contribution in [0.5, 0.6) is 0 Å². The van der Waals surface area contributed by atoms with Gasteiger partial charge in [-0.2, -0.15) is 0 Å². The molecule has 0 aliphatic carbocycles. The molecule has 0 fully saturated rings. The fraction of sp³-hybridized carbons (Fsp3) is 0.714. The topological polar surface area (TPSA) is 44.8 Å². The Hall–Kier alpha value is -0.0200. The van der Waals surface area contributed by atoms with Crippen LogP contribution in [-0.4, -0.2) is 13.2 Å². The molecule has 0 amide bonds. The predicted molar refractivity (Wildman–Crippen MR) is 51.6 cm³/mol. The summed E-state index contributed by atoms with van der Waals surface area (Å²) in [6.45, 7) is 5.49. The van der Waals surface area contributed by atoms with Gasteiger partial charge in [0.1, 0.15) is 5.76 Å². The number of hydrogen-bond donors (Lipinski definition) is 0. The lowest BCUT2D eigenvalue weighted by molar-refractivity contribution is 0.146. The summed E-state index contributed by atoms with van der Waals surface area (Å²) in [4.78, 5) is 0. The van der Waals surface area contributed by atoms with E-state index in [2.05, 4.69) is 0 Å². The van der Waals surface area contributed by atoms with E-state index in [9.17, 15) is 4.57 Å². The molecule has 0 saturated heterocycles. The number of phosphoric acid groups is 1. The van der Waals surface area contributed by atoms with Crippen LogP contribution >= 0.6 is 19.4 Å². The first-order chi connectivity index (χ1) is 6.08. The zero-order valence-corrected chi connectivity index (χ0v) is 9.60. The fourth-order valence-corrected chi connectivity index (χ4v) is 1.93. The quantitative estimate of drug-likeness (QED) is 0.517. The van der Waals surface area contributed by atoms with E-state index in [4.69, 9.17) is 25.2 Å². The summed E-state index contributed by atoms with van der Waals surface area (Å²) in [5.74, 6) is 0.298. The van der Waals surface area contributed by atoms with Crippen molar-refractivity contribution in [3.05, 3.63) is 11.3 Å². The molecule has 0 heterocycles. The molecule has 0 aromatic rings. The zero-order valence-electron chi connectivity index (χ0n) is 7.95. The Balaban J connectivity index is 4.32. The van der Waals surface area contributed by atoms with E-state index in [-0.39, 0.29) is 13.2 Å². The van der Waals surface area contributed by atoms with Gasteiger partial charge in [0.15, 0.2) is 0 Å². The van der Waals surface area contributed by atoms with E-state index in [1.54, 1.807) is 20.8 Å².